The highest BCUT2D eigenvalue weighted by Crippen LogP contribution is 2.20. The number of aryl methyl sites for hydroxylation is 2. The number of hydrogen-bond donors (Lipinski definition) is 1. The van der Waals surface area contributed by atoms with Gasteiger partial charge in [-0.05, 0) is 12.8 Å². The summed E-state index contributed by atoms with van der Waals surface area (Å²) in [5.74, 6) is 0. The van der Waals surface area contributed by atoms with Gasteiger partial charge in [0, 0.05) is 37.6 Å². The third-order valence-electron chi connectivity index (χ3n) is 2.57. The average Bonchev–Trinajstić information content (AvgIpc) is 2.69. The van der Waals surface area contributed by atoms with Crippen LogP contribution in [0.5, 0.6) is 0 Å². The van der Waals surface area contributed by atoms with Gasteiger partial charge in [-0.1, -0.05) is 20.8 Å². The van der Waals surface area contributed by atoms with Crippen LogP contribution < -0.4 is 5.32 Å². The van der Waals surface area contributed by atoms with E-state index in [1.165, 1.54) is 15.6 Å². The Morgan fingerprint density at radius 3 is 2.76 bits per heavy atom. The average molecular weight is 256 g/mol. The molecule has 3 nitrogen and oxygen atoms in total. The second-order valence-electron chi connectivity index (χ2n) is 4.46. The molecular weight excluding hydrogens is 232 g/mol. The number of ether oxygens (including phenoxy) is 1. The van der Waals surface area contributed by atoms with Crippen LogP contribution in [0.25, 0.3) is 0 Å². The fourth-order valence-electron chi connectivity index (χ4n) is 1.62. The predicted octanol–water partition coefficient (Wildman–Crippen LogP) is 2.78. The maximum absolute atomic E-state index is 5.07. The molecule has 0 aliphatic carbocycles. The van der Waals surface area contributed by atoms with E-state index in [2.05, 4.69) is 26.1 Å². The first-order chi connectivity index (χ1) is 8.17. The molecule has 0 bridgehead atoms. The third-order valence-corrected chi connectivity index (χ3v) is 3.72. The molecule has 0 radical (unpaired) electrons. The van der Waals surface area contributed by atoms with Crippen molar-refractivity contribution in [3.63, 3.8) is 0 Å². The van der Waals surface area contributed by atoms with Crippen LogP contribution in [0, 0.1) is 0 Å². The summed E-state index contributed by atoms with van der Waals surface area (Å²) < 4.78 is 5.07. The molecular formula is C13H24N2OS. The van der Waals surface area contributed by atoms with Crippen LogP contribution in [0.1, 0.15) is 42.8 Å². The number of nitrogens with one attached hydrogen (secondary N) is 1. The molecule has 17 heavy (non-hydrogen) atoms. The van der Waals surface area contributed by atoms with E-state index < -0.39 is 0 Å². The van der Waals surface area contributed by atoms with E-state index in [0.29, 0.717) is 6.04 Å². The van der Waals surface area contributed by atoms with Gasteiger partial charge >= 0.3 is 0 Å². The molecule has 4 heteroatoms. The fourth-order valence-corrected chi connectivity index (χ4v) is 2.77. The van der Waals surface area contributed by atoms with Gasteiger partial charge in [0.1, 0.15) is 0 Å². The summed E-state index contributed by atoms with van der Waals surface area (Å²) in [7, 11) is 1.75. The lowest BCUT2D eigenvalue weighted by Crippen LogP contribution is -2.21. The summed E-state index contributed by atoms with van der Waals surface area (Å²) >= 11 is 1.85. The molecule has 0 atom stereocenters. The van der Waals surface area contributed by atoms with Gasteiger partial charge in [0.2, 0.25) is 0 Å². The van der Waals surface area contributed by atoms with Crippen LogP contribution in [-0.2, 0) is 24.1 Å². The third kappa shape index (κ3) is 5.15. The van der Waals surface area contributed by atoms with Gasteiger partial charge in [-0.15, -0.1) is 11.3 Å². The highest BCUT2D eigenvalue weighted by atomic mass is 32.1. The van der Waals surface area contributed by atoms with Crippen molar-refractivity contribution >= 4 is 11.3 Å². The highest BCUT2D eigenvalue weighted by Gasteiger charge is 2.09. The Morgan fingerprint density at radius 2 is 2.18 bits per heavy atom. The molecule has 0 aromatic carbocycles. The lowest BCUT2D eigenvalue weighted by Gasteiger charge is -2.06. The van der Waals surface area contributed by atoms with Gasteiger partial charge in [-0.3, -0.25) is 0 Å². The molecule has 0 aliphatic heterocycles. The van der Waals surface area contributed by atoms with Gasteiger partial charge in [0.15, 0.2) is 0 Å². The maximum Gasteiger partial charge on any atom is 0.0932 e. The minimum Gasteiger partial charge on any atom is -0.385 e. The van der Waals surface area contributed by atoms with Gasteiger partial charge in [0.25, 0.3) is 0 Å². The largest absolute Gasteiger partial charge is 0.385 e. The molecule has 0 aliphatic rings. The van der Waals surface area contributed by atoms with Crippen molar-refractivity contribution in [2.75, 3.05) is 13.7 Å². The SMILES string of the molecule is CCc1nc(CCCOC)sc1CNC(C)C. The Labute approximate surface area is 109 Å². The molecule has 0 fully saturated rings. The number of nitrogens with zero attached hydrogens (tertiary/aromatic N) is 1. The lowest BCUT2D eigenvalue weighted by atomic mass is 10.2. The molecule has 0 saturated carbocycles. The van der Waals surface area contributed by atoms with Crippen LogP contribution in [0.4, 0.5) is 0 Å². The summed E-state index contributed by atoms with van der Waals surface area (Å²) in [6.45, 7) is 8.29. The topological polar surface area (TPSA) is 34.1 Å². The lowest BCUT2D eigenvalue weighted by molar-refractivity contribution is 0.195. The summed E-state index contributed by atoms with van der Waals surface area (Å²) in [4.78, 5) is 6.10. The minimum atomic E-state index is 0.527. The second kappa shape index (κ2) is 7.80. The first kappa shape index (κ1) is 14.6. The van der Waals surface area contributed by atoms with Crippen LogP contribution in [0.3, 0.4) is 0 Å². The van der Waals surface area contributed by atoms with Gasteiger partial charge in [-0.25, -0.2) is 4.98 Å². The smallest absolute Gasteiger partial charge is 0.0932 e. The van der Waals surface area contributed by atoms with Crippen LogP contribution in [-0.4, -0.2) is 24.7 Å². The quantitative estimate of drug-likeness (QED) is 0.726. The molecule has 1 N–H and O–H groups in total. The number of thiazole rings is 1. The highest BCUT2D eigenvalue weighted by molar-refractivity contribution is 7.11. The van der Waals surface area contributed by atoms with E-state index in [1.807, 2.05) is 11.3 Å². The molecule has 0 saturated heterocycles. The maximum atomic E-state index is 5.07. The number of methoxy groups -OCH3 is 1. The monoisotopic (exact) mass is 256 g/mol. The zero-order valence-corrected chi connectivity index (χ0v) is 12.2. The van der Waals surface area contributed by atoms with Crippen LogP contribution >= 0.6 is 11.3 Å². The molecule has 1 aromatic heterocycles. The predicted molar refractivity (Wildman–Crippen MR) is 73.7 cm³/mol. The van der Waals surface area contributed by atoms with E-state index in [0.717, 1.165) is 32.4 Å². The first-order valence-electron chi connectivity index (χ1n) is 6.37. The Hall–Kier alpha value is -0.450. The molecule has 98 valence electrons. The van der Waals surface area contributed by atoms with Crippen molar-refractivity contribution in [1.29, 1.82) is 0 Å². The number of hydrogen-bond acceptors (Lipinski definition) is 4. The van der Waals surface area contributed by atoms with Crippen LogP contribution in [0.2, 0.25) is 0 Å². The fraction of sp³-hybridized carbons (Fsp3) is 0.769. The summed E-state index contributed by atoms with van der Waals surface area (Å²) in [5, 5.41) is 4.71. The Kier molecular flexibility index (Phi) is 6.70. The van der Waals surface area contributed by atoms with Crippen molar-refractivity contribution in [2.45, 2.75) is 52.6 Å². The van der Waals surface area contributed by atoms with E-state index in [1.54, 1.807) is 7.11 Å². The normalized spacial score (nSPS) is 11.4. The van der Waals surface area contributed by atoms with Crippen molar-refractivity contribution in [3.8, 4) is 0 Å². The van der Waals surface area contributed by atoms with Crippen molar-refractivity contribution in [3.05, 3.63) is 15.6 Å². The number of aromatic nitrogens is 1. The molecule has 1 rings (SSSR count). The molecule has 0 spiro atoms. The molecule has 0 amide bonds. The van der Waals surface area contributed by atoms with E-state index in [9.17, 15) is 0 Å². The Morgan fingerprint density at radius 1 is 1.41 bits per heavy atom. The standard InChI is InChI=1S/C13H24N2OS/c1-5-11-12(9-14-10(2)3)17-13(15-11)7-6-8-16-4/h10,14H,5-9H2,1-4H3. The molecule has 1 aromatic rings. The summed E-state index contributed by atoms with van der Waals surface area (Å²) in [5.41, 5.74) is 1.26. The van der Waals surface area contributed by atoms with Crippen LogP contribution in [0.15, 0.2) is 0 Å². The Bertz CT molecular complexity index is 323. The summed E-state index contributed by atoms with van der Waals surface area (Å²) in [6, 6.07) is 0.527. The zero-order chi connectivity index (χ0) is 12.7. The summed E-state index contributed by atoms with van der Waals surface area (Å²) in [6.07, 6.45) is 3.12. The van der Waals surface area contributed by atoms with E-state index >= 15 is 0 Å². The van der Waals surface area contributed by atoms with Gasteiger partial charge in [0.05, 0.1) is 10.7 Å². The van der Waals surface area contributed by atoms with E-state index in [4.69, 9.17) is 9.72 Å². The Balaban J connectivity index is 2.56. The first-order valence-corrected chi connectivity index (χ1v) is 7.18. The van der Waals surface area contributed by atoms with Crippen molar-refractivity contribution in [1.82, 2.24) is 10.3 Å². The zero-order valence-electron chi connectivity index (χ0n) is 11.4. The molecule has 1 heterocycles. The van der Waals surface area contributed by atoms with E-state index in [-0.39, 0.29) is 0 Å². The van der Waals surface area contributed by atoms with Gasteiger partial charge in [-0.2, -0.15) is 0 Å². The number of rotatable bonds is 8. The van der Waals surface area contributed by atoms with Crippen molar-refractivity contribution < 1.29 is 4.74 Å². The molecule has 0 unspecified atom stereocenters. The second-order valence-corrected chi connectivity index (χ2v) is 5.63. The van der Waals surface area contributed by atoms with Crippen molar-refractivity contribution in [2.24, 2.45) is 0 Å². The minimum absolute atomic E-state index is 0.527. The van der Waals surface area contributed by atoms with Gasteiger partial charge < -0.3 is 10.1 Å².